The minimum Gasteiger partial charge on any atom is -0.360 e. The molecular weight excluding hydrogens is 365 g/mol. The van der Waals surface area contributed by atoms with Crippen LogP contribution in [0.2, 0.25) is 10.0 Å². The number of rotatable bonds is 3. The van der Waals surface area contributed by atoms with Crippen molar-refractivity contribution in [1.82, 2.24) is 10.1 Å². The molecule has 1 saturated heterocycles. The van der Waals surface area contributed by atoms with Crippen LogP contribution in [-0.4, -0.2) is 35.0 Å². The van der Waals surface area contributed by atoms with Crippen LogP contribution in [0.4, 0.5) is 5.82 Å². The minimum absolute atomic E-state index is 0.159. The molecule has 0 radical (unpaired) electrons. The van der Waals surface area contributed by atoms with Gasteiger partial charge in [0.1, 0.15) is 5.76 Å². The Morgan fingerprint density at radius 2 is 2.08 bits per heavy atom. The third-order valence-electron chi connectivity index (χ3n) is 4.13. The van der Waals surface area contributed by atoms with Gasteiger partial charge in [0.2, 0.25) is 5.91 Å². The number of anilines is 1. The van der Waals surface area contributed by atoms with Crippen molar-refractivity contribution in [1.29, 1.82) is 0 Å². The molecule has 2 heterocycles. The molecule has 1 atom stereocenters. The molecule has 1 aromatic heterocycles. The van der Waals surface area contributed by atoms with Gasteiger partial charge in [-0.1, -0.05) is 28.4 Å². The Balaban J connectivity index is 1.66. The van der Waals surface area contributed by atoms with Crippen LogP contribution in [0.5, 0.6) is 0 Å². The highest BCUT2D eigenvalue weighted by atomic mass is 35.5. The van der Waals surface area contributed by atoms with Crippen molar-refractivity contribution in [3.63, 3.8) is 0 Å². The van der Waals surface area contributed by atoms with Gasteiger partial charge in [-0.2, -0.15) is 0 Å². The van der Waals surface area contributed by atoms with Crippen LogP contribution in [0.15, 0.2) is 28.8 Å². The summed E-state index contributed by atoms with van der Waals surface area (Å²) in [7, 11) is 0. The molecule has 0 bridgehead atoms. The van der Waals surface area contributed by atoms with E-state index in [-0.39, 0.29) is 17.7 Å². The van der Waals surface area contributed by atoms with E-state index in [1.165, 1.54) is 0 Å². The zero-order chi connectivity index (χ0) is 18.0. The molecule has 1 fully saturated rings. The minimum atomic E-state index is -0.294. The molecule has 6 nitrogen and oxygen atoms in total. The van der Waals surface area contributed by atoms with Gasteiger partial charge in [-0.25, -0.2) is 0 Å². The number of likely N-dealkylation sites (tertiary alicyclic amines) is 1. The average molecular weight is 382 g/mol. The van der Waals surface area contributed by atoms with Gasteiger partial charge in [0, 0.05) is 24.7 Å². The lowest BCUT2D eigenvalue weighted by Crippen LogP contribution is -2.43. The van der Waals surface area contributed by atoms with Crippen LogP contribution in [0.25, 0.3) is 0 Å². The van der Waals surface area contributed by atoms with E-state index in [1.54, 1.807) is 36.1 Å². The lowest BCUT2D eigenvalue weighted by atomic mass is 9.96. The fraction of sp³-hybridized carbons (Fsp3) is 0.353. The molecule has 3 rings (SSSR count). The van der Waals surface area contributed by atoms with Crippen LogP contribution in [-0.2, 0) is 4.79 Å². The number of carbonyl (C=O) groups excluding carboxylic acids is 2. The van der Waals surface area contributed by atoms with E-state index in [2.05, 4.69) is 10.5 Å². The number of aromatic nitrogens is 1. The molecule has 1 N–H and O–H groups in total. The lowest BCUT2D eigenvalue weighted by Gasteiger charge is -2.32. The Hall–Kier alpha value is -2.05. The number of hydrogen-bond donors (Lipinski definition) is 1. The number of benzene rings is 1. The quantitative estimate of drug-likeness (QED) is 0.877. The number of hydrogen-bond acceptors (Lipinski definition) is 4. The van der Waals surface area contributed by atoms with E-state index < -0.39 is 0 Å². The Morgan fingerprint density at radius 3 is 2.76 bits per heavy atom. The summed E-state index contributed by atoms with van der Waals surface area (Å²) in [5.74, 6) is 0.386. The molecule has 2 amide bonds. The van der Waals surface area contributed by atoms with Crippen LogP contribution in [0, 0.1) is 12.8 Å². The maximum Gasteiger partial charge on any atom is 0.253 e. The molecule has 1 aliphatic heterocycles. The zero-order valence-corrected chi connectivity index (χ0v) is 15.1. The number of nitrogens with zero attached hydrogens (tertiary/aromatic N) is 2. The Morgan fingerprint density at radius 1 is 1.28 bits per heavy atom. The summed E-state index contributed by atoms with van der Waals surface area (Å²) in [6.45, 7) is 2.70. The monoisotopic (exact) mass is 381 g/mol. The van der Waals surface area contributed by atoms with E-state index in [0.717, 1.165) is 6.42 Å². The maximum absolute atomic E-state index is 12.7. The predicted molar refractivity (Wildman–Crippen MR) is 95.0 cm³/mol. The number of piperidine rings is 1. The van der Waals surface area contributed by atoms with Crippen molar-refractivity contribution >= 4 is 40.8 Å². The van der Waals surface area contributed by atoms with E-state index >= 15 is 0 Å². The number of nitrogens with one attached hydrogen (secondary N) is 1. The third-order valence-corrected chi connectivity index (χ3v) is 4.86. The maximum atomic E-state index is 12.7. The molecule has 1 aromatic carbocycles. The van der Waals surface area contributed by atoms with Crippen molar-refractivity contribution < 1.29 is 14.1 Å². The van der Waals surface area contributed by atoms with Crippen molar-refractivity contribution in [2.45, 2.75) is 19.8 Å². The van der Waals surface area contributed by atoms with E-state index in [1.807, 2.05) is 0 Å². The van der Waals surface area contributed by atoms with Gasteiger partial charge in [0.15, 0.2) is 5.82 Å². The summed E-state index contributed by atoms with van der Waals surface area (Å²) in [5.41, 5.74) is 0.461. The SMILES string of the molecule is Cc1cc(NC(=O)[C@@H]2CCCN(C(=O)c3ccc(Cl)c(Cl)c3)C2)no1. The van der Waals surface area contributed by atoms with Gasteiger partial charge < -0.3 is 14.7 Å². The van der Waals surface area contributed by atoms with Gasteiger partial charge >= 0.3 is 0 Å². The van der Waals surface area contributed by atoms with Crippen LogP contribution >= 0.6 is 23.2 Å². The van der Waals surface area contributed by atoms with Crippen LogP contribution < -0.4 is 5.32 Å². The highest BCUT2D eigenvalue weighted by Gasteiger charge is 2.29. The van der Waals surface area contributed by atoms with Gasteiger partial charge in [-0.05, 0) is 38.0 Å². The number of carbonyl (C=O) groups is 2. The smallest absolute Gasteiger partial charge is 0.253 e. The van der Waals surface area contributed by atoms with Gasteiger partial charge in [-0.3, -0.25) is 9.59 Å². The molecule has 25 heavy (non-hydrogen) atoms. The molecule has 1 aliphatic rings. The highest BCUT2D eigenvalue weighted by molar-refractivity contribution is 6.42. The first-order valence-electron chi connectivity index (χ1n) is 7.92. The third kappa shape index (κ3) is 4.14. The topological polar surface area (TPSA) is 75.4 Å². The molecule has 0 aliphatic carbocycles. The van der Waals surface area contributed by atoms with Gasteiger partial charge in [-0.15, -0.1) is 0 Å². The summed E-state index contributed by atoms with van der Waals surface area (Å²) in [5, 5.41) is 7.22. The fourth-order valence-corrected chi connectivity index (χ4v) is 3.14. The van der Waals surface area contributed by atoms with Crippen molar-refractivity contribution in [3.05, 3.63) is 45.6 Å². The first-order valence-corrected chi connectivity index (χ1v) is 8.68. The second-order valence-corrected chi connectivity index (χ2v) is 6.85. The number of amides is 2. The second kappa shape index (κ2) is 7.45. The van der Waals surface area contributed by atoms with Crippen molar-refractivity contribution in [3.8, 4) is 0 Å². The first kappa shape index (κ1) is 17.8. The Bertz CT molecular complexity index is 806. The molecule has 2 aromatic rings. The van der Waals surface area contributed by atoms with E-state index in [4.69, 9.17) is 27.7 Å². The first-order chi connectivity index (χ1) is 11.9. The van der Waals surface area contributed by atoms with Crippen molar-refractivity contribution in [2.75, 3.05) is 18.4 Å². The summed E-state index contributed by atoms with van der Waals surface area (Å²) >= 11 is 11.9. The standard InChI is InChI=1S/C17H17Cl2N3O3/c1-10-7-15(21-25-10)20-16(23)12-3-2-6-22(9-12)17(24)11-4-5-13(18)14(19)8-11/h4-5,7-8,12H,2-3,6,9H2,1H3,(H,20,21,23)/t12-/m1/s1. The average Bonchev–Trinajstić information content (AvgIpc) is 3.01. The fourth-order valence-electron chi connectivity index (χ4n) is 2.84. The summed E-state index contributed by atoms with van der Waals surface area (Å²) in [6.07, 6.45) is 1.47. The predicted octanol–water partition coefficient (Wildman–Crippen LogP) is 3.78. The Labute approximate surface area is 155 Å². The van der Waals surface area contributed by atoms with Crippen molar-refractivity contribution in [2.24, 2.45) is 5.92 Å². The number of halogens is 2. The Kier molecular flexibility index (Phi) is 5.30. The molecular formula is C17H17Cl2N3O3. The largest absolute Gasteiger partial charge is 0.360 e. The molecule has 0 saturated carbocycles. The zero-order valence-electron chi connectivity index (χ0n) is 13.6. The normalized spacial score (nSPS) is 17.4. The van der Waals surface area contributed by atoms with Crippen LogP contribution in [0.1, 0.15) is 29.0 Å². The van der Waals surface area contributed by atoms with Gasteiger partial charge in [0.25, 0.3) is 5.91 Å². The second-order valence-electron chi connectivity index (χ2n) is 6.03. The number of aryl methyl sites for hydroxylation is 1. The summed E-state index contributed by atoms with van der Waals surface area (Å²) in [4.78, 5) is 26.7. The molecule has 8 heteroatoms. The van der Waals surface area contributed by atoms with E-state index in [0.29, 0.717) is 46.7 Å². The van der Waals surface area contributed by atoms with E-state index in [9.17, 15) is 9.59 Å². The lowest BCUT2D eigenvalue weighted by molar-refractivity contribution is -0.121. The van der Waals surface area contributed by atoms with Gasteiger partial charge in [0.05, 0.1) is 16.0 Å². The van der Waals surface area contributed by atoms with Crippen LogP contribution in [0.3, 0.4) is 0 Å². The molecule has 0 unspecified atom stereocenters. The highest BCUT2D eigenvalue weighted by Crippen LogP contribution is 2.25. The molecule has 132 valence electrons. The molecule has 0 spiro atoms. The summed E-state index contributed by atoms with van der Waals surface area (Å²) < 4.78 is 4.94. The summed E-state index contributed by atoms with van der Waals surface area (Å²) in [6, 6.07) is 6.43.